The van der Waals surface area contributed by atoms with Crippen LogP contribution in [0.25, 0.3) is 0 Å². The number of ether oxygens (including phenoxy) is 3. The van der Waals surface area contributed by atoms with Crippen LogP contribution in [0.1, 0.15) is 12.0 Å². The predicted octanol–water partition coefficient (Wildman–Crippen LogP) is 3.28. The Balaban J connectivity index is 1.98. The normalized spacial score (nSPS) is 10.0. The molecule has 0 aliphatic heterocycles. The minimum absolute atomic E-state index is 0.0665. The molecule has 0 aromatic heterocycles. The number of rotatable bonds is 7. The minimum atomic E-state index is -0.0665. The van der Waals surface area contributed by atoms with Crippen LogP contribution in [0.2, 0.25) is 0 Å². The van der Waals surface area contributed by atoms with Crippen molar-refractivity contribution in [1.29, 1.82) is 0 Å². The Hall–Kier alpha value is -2.69. The lowest BCUT2D eigenvalue weighted by atomic mass is 10.1. The molecule has 0 fully saturated rings. The summed E-state index contributed by atoms with van der Waals surface area (Å²) < 4.78 is 15.8. The van der Waals surface area contributed by atoms with Crippen molar-refractivity contribution in [3.8, 4) is 17.2 Å². The third-order valence-electron chi connectivity index (χ3n) is 3.51. The second-order valence-electron chi connectivity index (χ2n) is 4.92. The van der Waals surface area contributed by atoms with E-state index in [9.17, 15) is 4.79 Å². The van der Waals surface area contributed by atoms with E-state index in [2.05, 4.69) is 5.32 Å². The van der Waals surface area contributed by atoms with Crippen LogP contribution in [0.5, 0.6) is 17.2 Å². The number of hydrogen-bond acceptors (Lipinski definition) is 4. The summed E-state index contributed by atoms with van der Waals surface area (Å²) in [5, 5.41) is 2.86. The van der Waals surface area contributed by atoms with Crippen LogP contribution in [0.4, 0.5) is 5.69 Å². The summed E-state index contributed by atoms with van der Waals surface area (Å²) >= 11 is 0. The highest BCUT2D eigenvalue weighted by atomic mass is 16.5. The molecule has 0 aliphatic carbocycles. The van der Waals surface area contributed by atoms with Gasteiger partial charge in [0.15, 0.2) is 0 Å². The fourth-order valence-corrected chi connectivity index (χ4v) is 2.31. The molecule has 0 saturated heterocycles. The van der Waals surface area contributed by atoms with Crippen LogP contribution in [-0.2, 0) is 11.2 Å². The van der Waals surface area contributed by atoms with Gasteiger partial charge < -0.3 is 19.5 Å². The Kier molecular flexibility index (Phi) is 5.86. The fourth-order valence-electron chi connectivity index (χ4n) is 2.31. The van der Waals surface area contributed by atoms with E-state index >= 15 is 0 Å². The van der Waals surface area contributed by atoms with Gasteiger partial charge in [-0.3, -0.25) is 4.79 Å². The summed E-state index contributed by atoms with van der Waals surface area (Å²) in [6.45, 7) is 0. The van der Waals surface area contributed by atoms with Gasteiger partial charge in [0, 0.05) is 17.7 Å². The average molecular weight is 315 g/mol. The van der Waals surface area contributed by atoms with Crippen molar-refractivity contribution in [3.05, 3.63) is 48.0 Å². The molecule has 0 aliphatic rings. The lowest BCUT2D eigenvalue weighted by Gasteiger charge is -2.13. The minimum Gasteiger partial charge on any atom is -0.497 e. The standard InChI is InChI=1S/C18H21NO4/c1-21-14-9-7-13(8-10-14)19-18(20)12-11-15-16(22-2)5-4-6-17(15)23-3/h4-10H,11-12H2,1-3H3,(H,19,20). The molecule has 2 aromatic carbocycles. The van der Waals surface area contributed by atoms with Gasteiger partial charge in [-0.1, -0.05) is 6.07 Å². The summed E-state index contributed by atoms with van der Waals surface area (Å²) in [4.78, 5) is 12.1. The maximum Gasteiger partial charge on any atom is 0.224 e. The molecule has 23 heavy (non-hydrogen) atoms. The number of amides is 1. The summed E-state index contributed by atoms with van der Waals surface area (Å²) in [6, 6.07) is 12.8. The van der Waals surface area contributed by atoms with Crippen molar-refractivity contribution < 1.29 is 19.0 Å². The van der Waals surface area contributed by atoms with E-state index < -0.39 is 0 Å². The Morgan fingerprint density at radius 3 is 2.04 bits per heavy atom. The van der Waals surface area contributed by atoms with Crippen LogP contribution in [-0.4, -0.2) is 27.2 Å². The van der Waals surface area contributed by atoms with Gasteiger partial charge in [-0.25, -0.2) is 0 Å². The fraction of sp³-hybridized carbons (Fsp3) is 0.278. The van der Waals surface area contributed by atoms with Gasteiger partial charge in [-0.15, -0.1) is 0 Å². The summed E-state index contributed by atoms with van der Waals surface area (Å²) in [6.07, 6.45) is 0.873. The van der Waals surface area contributed by atoms with E-state index in [1.807, 2.05) is 18.2 Å². The molecular weight excluding hydrogens is 294 g/mol. The predicted molar refractivity (Wildman–Crippen MR) is 89.5 cm³/mol. The average Bonchev–Trinajstić information content (AvgIpc) is 2.60. The maximum absolute atomic E-state index is 12.1. The van der Waals surface area contributed by atoms with E-state index in [1.165, 1.54) is 0 Å². The molecule has 2 aromatic rings. The van der Waals surface area contributed by atoms with Crippen LogP contribution in [0.3, 0.4) is 0 Å². The van der Waals surface area contributed by atoms with Gasteiger partial charge in [0.05, 0.1) is 21.3 Å². The highest BCUT2D eigenvalue weighted by Crippen LogP contribution is 2.29. The first-order valence-electron chi connectivity index (χ1n) is 7.31. The molecular formula is C18H21NO4. The molecule has 0 saturated carbocycles. The van der Waals surface area contributed by atoms with E-state index in [0.29, 0.717) is 12.8 Å². The first-order valence-corrected chi connectivity index (χ1v) is 7.31. The quantitative estimate of drug-likeness (QED) is 0.852. The van der Waals surface area contributed by atoms with Crippen molar-refractivity contribution in [2.75, 3.05) is 26.6 Å². The molecule has 1 N–H and O–H groups in total. The van der Waals surface area contributed by atoms with E-state index in [4.69, 9.17) is 14.2 Å². The van der Waals surface area contributed by atoms with Gasteiger partial charge in [-0.05, 0) is 42.8 Å². The first-order chi connectivity index (χ1) is 11.2. The van der Waals surface area contributed by atoms with Gasteiger partial charge in [0.25, 0.3) is 0 Å². The molecule has 0 heterocycles. The number of carbonyl (C=O) groups is 1. The van der Waals surface area contributed by atoms with Gasteiger partial charge >= 0.3 is 0 Å². The summed E-state index contributed by atoms with van der Waals surface area (Å²) in [5.74, 6) is 2.13. The number of benzene rings is 2. The Labute approximate surface area is 136 Å². The number of hydrogen-bond donors (Lipinski definition) is 1. The monoisotopic (exact) mass is 315 g/mol. The molecule has 0 bridgehead atoms. The van der Waals surface area contributed by atoms with Gasteiger partial charge in [0.1, 0.15) is 17.2 Å². The number of carbonyl (C=O) groups excluding carboxylic acids is 1. The van der Waals surface area contributed by atoms with Crippen molar-refractivity contribution in [3.63, 3.8) is 0 Å². The first kappa shape index (κ1) is 16.7. The molecule has 0 atom stereocenters. The summed E-state index contributed by atoms with van der Waals surface area (Å²) in [7, 11) is 4.82. The molecule has 1 amide bonds. The zero-order valence-electron chi connectivity index (χ0n) is 13.6. The van der Waals surface area contributed by atoms with Crippen LogP contribution < -0.4 is 19.5 Å². The lowest BCUT2D eigenvalue weighted by Crippen LogP contribution is -2.12. The van der Waals surface area contributed by atoms with Crippen LogP contribution in [0, 0.1) is 0 Å². The Bertz CT molecular complexity index is 630. The van der Waals surface area contributed by atoms with Gasteiger partial charge in [-0.2, -0.15) is 0 Å². The molecule has 122 valence electrons. The molecule has 0 unspecified atom stereocenters. The van der Waals surface area contributed by atoms with E-state index in [1.54, 1.807) is 45.6 Å². The highest BCUT2D eigenvalue weighted by molar-refractivity contribution is 5.91. The zero-order valence-corrected chi connectivity index (χ0v) is 13.6. The second kappa shape index (κ2) is 8.08. The lowest BCUT2D eigenvalue weighted by molar-refractivity contribution is -0.116. The van der Waals surface area contributed by atoms with E-state index in [0.717, 1.165) is 28.5 Å². The van der Waals surface area contributed by atoms with Crippen molar-refractivity contribution in [1.82, 2.24) is 0 Å². The van der Waals surface area contributed by atoms with E-state index in [-0.39, 0.29) is 5.91 Å². The number of nitrogens with one attached hydrogen (secondary N) is 1. The van der Waals surface area contributed by atoms with Crippen molar-refractivity contribution in [2.45, 2.75) is 12.8 Å². The highest BCUT2D eigenvalue weighted by Gasteiger charge is 2.12. The molecule has 0 radical (unpaired) electrons. The Morgan fingerprint density at radius 1 is 0.913 bits per heavy atom. The third kappa shape index (κ3) is 4.39. The smallest absolute Gasteiger partial charge is 0.224 e. The molecule has 5 nitrogen and oxygen atoms in total. The molecule has 5 heteroatoms. The largest absolute Gasteiger partial charge is 0.497 e. The zero-order chi connectivity index (χ0) is 16.7. The van der Waals surface area contributed by atoms with Crippen LogP contribution in [0.15, 0.2) is 42.5 Å². The van der Waals surface area contributed by atoms with Crippen LogP contribution >= 0.6 is 0 Å². The summed E-state index contributed by atoms with van der Waals surface area (Å²) in [5.41, 5.74) is 1.63. The SMILES string of the molecule is COc1ccc(NC(=O)CCc2c(OC)cccc2OC)cc1. The van der Waals surface area contributed by atoms with Crippen molar-refractivity contribution in [2.24, 2.45) is 0 Å². The third-order valence-corrected chi connectivity index (χ3v) is 3.51. The molecule has 2 rings (SSSR count). The number of methoxy groups -OCH3 is 3. The molecule has 0 spiro atoms. The number of anilines is 1. The van der Waals surface area contributed by atoms with Gasteiger partial charge in [0.2, 0.25) is 5.91 Å². The topological polar surface area (TPSA) is 56.8 Å². The second-order valence-corrected chi connectivity index (χ2v) is 4.92. The van der Waals surface area contributed by atoms with Crippen molar-refractivity contribution >= 4 is 11.6 Å². The maximum atomic E-state index is 12.1. The Morgan fingerprint density at radius 2 is 1.52 bits per heavy atom.